The number of hydrogen-bond donors (Lipinski definition) is 3. The fourth-order valence-electron chi connectivity index (χ4n) is 4.66. The minimum Gasteiger partial charge on any atom is -0.490 e. The molecule has 3 aromatic rings. The summed E-state index contributed by atoms with van der Waals surface area (Å²) < 4.78 is 11.1. The Hall–Kier alpha value is -5.01. The van der Waals surface area contributed by atoms with E-state index < -0.39 is 5.91 Å². The molecule has 2 saturated heterocycles. The highest BCUT2D eigenvalue weighted by Gasteiger charge is 2.28. The molecular weight excluding hydrogens is 604 g/mol. The number of fused-ring (bicyclic) bond motifs is 2. The van der Waals surface area contributed by atoms with Gasteiger partial charge in [-0.05, 0) is 83.2 Å². The molecule has 0 saturated carbocycles. The van der Waals surface area contributed by atoms with Gasteiger partial charge in [-0.25, -0.2) is 0 Å². The molecule has 4 aliphatic rings. The highest BCUT2D eigenvalue weighted by molar-refractivity contribution is 8.18. The number of nitrogens with one attached hydrogen (secondary N) is 3. The smallest absolute Gasteiger partial charge is 0.290 e. The second-order valence-electron chi connectivity index (χ2n) is 9.63. The van der Waals surface area contributed by atoms with Crippen molar-refractivity contribution in [3.05, 3.63) is 93.2 Å². The fraction of sp³-hybridized carbons (Fsp3) is 0.129. The zero-order valence-corrected chi connectivity index (χ0v) is 24.6. The third-order valence-electron chi connectivity index (χ3n) is 6.67. The minimum atomic E-state index is -0.411. The Morgan fingerprint density at radius 2 is 1.36 bits per heavy atom. The molecule has 3 N–H and O–H groups in total. The first-order chi connectivity index (χ1) is 21.3. The molecule has 3 aromatic carbocycles. The van der Waals surface area contributed by atoms with Crippen LogP contribution in [-0.4, -0.2) is 54.5 Å². The van der Waals surface area contributed by atoms with E-state index in [-0.39, 0.29) is 22.3 Å². The molecule has 2 fully saturated rings. The fourth-order valence-corrected chi connectivity index (χ4v) is 6.03. The van der Waals surface area contributed by atoms with Crippen LogP contribution in [-0.2, 0) is 9.59 Å². The number of ether oxygens (including phenoxy) is 2. The van der Waals surface area contributed by atoms with Gasteiger partial charge in [0.2, 0.25) is 0 Å². The van der Waals surface area contributed by atoms with E-state index in [4.69, 9.17) is 9.47 Å². The molecule has 44 heavy (non-hydrogen) atoms. The average molecular weight is 629 g/mol. The van der Waals surface area contributed by atoms with Gasteiger partial charge in [0.25, 0.3) is 28.2 Å². The van der Waals surface area contributed by atoms with E-state index in [2.05, 4.69) is 16.0 Å². The largest absolute Gasteiger partial charge is 0.490 e. The SMILES string of the molecule is O=C1NC(=O)C(=Cc2ccc3c(c2)N(C(=O)c2ccccc2)CCO3)S1.O=C1NC(=O)C(=Cc2ccc3c(c2)NCCO3)S1. The number of benzene rings is 3. The molecule has 4 aliphatic heterocycles. The molecular formula is C31H24N4O7S2. The molecule has 13 heteroatoms. The van der Waals surface area contributed by atoms with Crippen molar-refractivity contribution in [2.75, 3.05) is 36.5 Å². The molecule has 0 aliphatic carbocycles. The van der Waals surface area contributed by atoms with E-state index in [0.717, 1.165) is 47.1 Å². The Morgan fingerprint density at radius 1 is 0.750 bits per heavy atom. The Labute approximate surface area is 260 Å². The zero-order valence-electron chi connectivity index (χ0n) is 23.0. The van der Waals surface area contributed by atoms with Crippen LogP contribution >= 0.6 is 23.5 Å². The highest BCUT2D eigenvalue weighted by atomic mass is 32.2. The topological polar surface area (TPSA) is 143 Å². The second-order valence-corrected chi connectivity index (χ2v) is 11.7. The van der Waals surface area contributed by atoms with Crippen LogP contribution in [0, 0.1) is 0 Å². The molecule has 0 spiro atoms. The summed E-state index contributed by atoms with van der Waals surface area (Å²) in [6.07, 6.45) is 3.33. The van der Waals surface area contributed by atoms with E-state index >= 15 is 0 Å². The van der Waals surface area contributed by atoms with Crippen LogP contribution in [0.1, 0.15) is 21.5 Å². The van der Waals surface area contributed by atoms with Gasteiger partial charge in [0.15, 0.2) is 0 Å². The predicted octanol–water partition coefficient (Wildman–Crippen LogP) is 4.86. The number of nitrogens with zero attached hydrogens (tertiary/aromatic N) is 1. The van der Waals surface area contributed by atoms with Gasteiger partial charge >= 0.3 is 0 Å². The van der Waals surface area contributed by atoms with Crippen LogP contribution in [0.4, 0.5) is 21.0 Å². The number of amides is 5. The van der Waals surface area contributed by atoms with Crippen molar-refractivity contribution in [3.8, 4) is 11.5 Å². The summed E-state index contributed by atoms with van der Waals surface area (Å²) in [5.74, 6) is 0.562. The van der Waals surface area contributed by atoms with E-state index in [1.165, 1.54) is 0 Å². The first-order valence-corrected chi connectivity index (χ1v) is 15.1. The molecule has 11 nitrogen and oxygen atoms in total. The lowest BCUT2D eigenvalue weighted by molar-refractivity contribution is -0.116. The maximum atomic E-state index is 12.9. The third kappa shape index (κ3) is 6.48. The van der Waals surface area contributed by atoms with Crippen molar-refractivity contribution >= 4 is 75.3 Å². The zero-order chi connectivity index (χ0) is 30.6. The summed E-state index contributed by atoms with van der Waals surface area (Å²) in [5, 5.41) is 6.96. The van der Waals surface area contributed by atoms with Crippen LogP contribution in [0.25, 0.3) is 12.2 Å². The Morgan fingerprint density at radius 3 is 2.00 bits per heavy atom. The number of rotatable bonds is 3. The van der Waals surface area contributed by atoms with E-state index in [1.807, 2.05) is 36.4 Å². The van der Waals surface area contributed by atoms with Crippen LogP contribution < -0.4 is 30.3 Å². The molecule has 5 amide bonds. The molecule has 0 atom stereocenters. The van der Waals surface area contributed by atoms with Gasteiger partial charge in [0, 0.05) is 12.1 Å². The van der Waals surface area contributed by atoms with Crippen molar-refractivity contribution in [1.29, 1.82) is 0 Å². The van der Waals surface area contributed by atoms with Crippen LogP contribution in [0.2, 0.25) is 0 Å². The number of imide groups is 2. The van der Waals surface area contributed by atoms with Crippen LogP contribution in [0.3, 0.4) is 0 Å². The summed E-state index contributed by atoms with van der Waals surface area (Å²) in [6, 6.07) is 20.0. The number of thioether (sulfide) groups is 2. The maximum absolute atomic E-state index is 12.9. The molecule has 7 rings (SSSR count). The van der Waals surface area contributed by atoms with Crippen molar-refractivity contribution in [1.82, 2.24) is 10.6 Å². The number of hydrogen-bond acceptors (Lipinski definition) is 10. The van der Waals surface area contributed by atoms with Crippen molar-refractivity contribution < 1.29 is 33.4 Å². The first-order valence-electron chi connectivity index (χ1n) is 13.5. The summed E-state index contributed by atoms with van der Waals surface area (Å²) in [6.45, 7) is 2.27. The molecule has 0 aromatic heterocycles. The normalized spacial score (nSPS) is 18.7. The summed E-state index contributed by atoms with van der Waals surface area (Å²) in [4.78, 5) is 60.8. The summed E-state index contributed by atoms with van der Waals surface area (Å²) in [5.41, 5.74) is 3.73. The highest BCUT2D eigenvalue weighted by Crippen LogP contribution is 2.35. The minimum absolute atomic E-state index is 0.108. The third-order valence-corrected chi connectivity index (χ3v) is 8.29. The van der Waals surface area contributed by atoms with E-state index in [9.17, 15) is 24.0 Å². The quantitative estimate of drug-likeness (QED) is 0.344. The summed E-state index contributed by atoms with van der Waals surface area (Å²) >= 11 is 1.78. The van der Waals surface area contributed by atoms with Gasteiger partial charge in [-0.1, -0.05) is 30.3 Å². The number of anilines is 2. The van der Waals surface area contributed by atoms with Gasteiger partial charge in [-0.3, -0.25) is 34.6 Å². The molecule has 0 bridgehead atoms. The van der Waals surface area contributed by atoms with Crippen LogP contribution in [0.15, 0.2) is 76.5 Å². The monoisotopic (exact) mass is 628 g/mol. The molecule has 222 valence electrons. The second kappa shape index (κ2) is 12.7. The van der Waals surface area contributed by atoms with Gasteiger partial charge in [0.1, 0.15) is 24.7 Å². The average Bonchev–Trinajstić information content (AvgIpc) is 3.53. The van der Waals surface area contributed by atoms with Gasteiger partial charge in [-0.15, -0.1) is 0 Å². The maximum Gasteiger partial charge on any atom is 0.290 e. The number of carbonyl (C=O) groups is 5. The van der Waals surface area contributed by atoms with Crippen molar-refractivity contribution in [2.24, 2.45) is 0 Å². The lowest BCUT2D eigenvalue weighted by atomic mass is 10.1. The Balaban J connectivity index is 0.000000167. The van der Waals surface area contributed by atoms with Gasteiger partial charge in [0.05, 0.1) is 27.7 Å². The number of carbonyl (C=O) groups excluding carboxylic acids is 5. The van der Waals surface area contributed by atoms with Crippen molar-refractivity contribution in [2.45, 2.75) is 0 Å². The molecule has 0 unspecified atom stereocenters. The van der Waals surface area contributed by atoms with Gasteiger partial charge < -0.3 is 19.7 Å². The Bertz CT molecular complexity index is 1760. The molecule has 4 heterocycles. The van der Waals surface area contributed by atoms with E-state index in [1.54, 1.807) is 47.4 Å². The first kappa shape index (κ1) is 29.1. The van der Waals surface area contributed by atoms with Gasteiger partial charge in [-0.2, -0.15) is 0 Å². The van der Waals surface area contributed by atoms with E-state index in [0.29, 0.717) is 52.1 Å². The lowest BCUT2D eigenvalue weighted by Crippen LogP contribution is -2.38. The lowest BCUT2D eigenvalue weighted by Gasteiger charge is -2.30. The molecule has 0 radical (unpaired) electrons. The predicted molar refractivity (Wildman–Crippen MR) is 169 cm³/mol. The summed E-state index contributed by atoms with van der Waals surface area (Å²) in [7, 11) is 0. The van der Waals surface area contributed by atoms with Crippen molar-refractivity contribution in [3.63, 3.8) is 0 Å². The Kier molecular flexibility index (Phi) is 8.39. The standard InChI is InChI=1S/C19H14N2O4S.C12H10N2O3S/c22-17-16(26-19(24)20-17)11-12-6-7-15-14(10-12)21(8-9-25-15)18(23)13-4-2-1-3-5-13;15-11-10(18-12(16)14-11)6-7-1-2-9-8(5-7)13-3-4-17-9/h1-7,10-11H,8-9H2,(H,20,22,24);1-2,5-6,13H,3-4H2,(H,14,15,16). The van der Waals surface area contributed by atoms with Crippen LogP contribution in [0.5, 0.6) is 11.5 Å².